The molecular formula is C34H43BN6O5. The summed E-state index contributed by atoms with van der Waals surface area (Å²) in [5.74, 6) is 0.419. The molecule has 5 aliphatic rings. The lowest BCUT2D eigenvalue weighted by Crippen LogP contribution is -2.65. The van der Waals surface area contributed by atoms with E-state index in [-0.39, 0.29) is 47.8 Å². The van der Waals surface area contributed by atoms with E-state index in [9.17, 15) is 9.59 Å². The molecule has 2 amide bonds. The third-order valence-corrected chi connectivity index (χ3v) is 10.9. The van der Waals surface area contributed by atoms with Gasteiger partial charge in [0.1, 0.15) is 6.33 Å². The summed E-state index contributed by atoms with van der Waals surface area (Å²) in [6, 6.07) is 13.2. The van der Waals surface area contributed by atoms with Crippen LogP contribution in [0.4, 0.5) is 0 Å². The molecule has 2 N–H and O–H groups in total. The monoisotopic (exact) mass is 626 g/mol. The van der Waals surface area contributed by atoms with Crippen LogP contribution in [0.5, 0.6) is 0 Å². The number of oxime groups is 1. The van der Waals surface area contributed by atoms with Crippen molar-refractivity contribution in [2.45, 2.75) is 90.0 Å². The molecule has 0 radical (unpaired) electrons. The number of hydrogen-bond donors (Lipinski definition) is 2. The molecule has 3 saturated carbocycles. The first-order chi connectivity index (χ1) is 22.0. The zero-order valence-corrected chi connectivity index (χ0v) is 27.2. The van der Waals surface area contributed by atoms with Gasteiger partial charge >= 0.3 is 7.12 Å². The molecule has 2 bridgehead atoms. The second-order valence-corrected chi connectivity index (χ2v) is 14.8. The molecule has 3 aromatic rings. The smallest absolute Gasteiger partial charge is 0.404 e. The van der Waals surface area contributed by atoms with Crippen molar-refractivity contribution in [2.75, 3.05) is 6.54 Å². The van der Waals surface area contributed by atoms with Crippen LogP contribution in [0.2, 0.25) is 0 Å². The van der Waals surface area contributed by atoms with E-state index < -0.39 is 12.7 Å². The highest BCUT2D eigenvalue weighted by molar-refractivity contribution is 6.48. The number of benzene rings is 1. The molecule has 8 rings (SSSR count). The van der Waals surface area contributed by atoms with E-state index in [4.69, 9.17) is 14.1 Å². The lowest BCUT2D eigenvalue weighted by atomic mass is 9.43. The van der Waals surface area contributed by atoms with Gasteiger partial charge in [-0.05, 0) is 67.1 Å². The normalized spacial score (nSPS) is 29.9. The number of amides is 2. The Morgan fingerprint density at radius 3 is 2.67 bits per heavy atom. The van der Waals surface area contributed by atoms with Gasteiger partial charge in [-0.1, -0.05) is 63.2 Å². The second-order valence-electron chi connectivity index (χ2n) is 14.8. The van der Waals surface area contributed by atoms with Crippen molar-refractivity contribution in [3.8, 4) is 0 Å². The molecule has 3 aliphatic carbocycles. The van der Waals surface area contributed by atoms with Crippen molar-refractivity contribution in [1.29, 1.82) is 0 Å². The average Bonchev–Trinajstić information content (AvgIpc) is 3.76. The van der Waals surface area contributed by atoms with Gasteiger partial charge in [0.25, 0.3) is 11.8 Å². The first kappa shape index (κ1) is 30.9. The summed E-state index contributed by atoms with van der Waals surface area (Å²) in [5.41, 5.74) is 0.944. The molecule has 1 unspecified atom stereocenters. The molecule has 11 nitrogen and oxygen atoms in total. The maximum Gasteiger partial charge on any atom is 0.481 e. The molecule has 4 fully saturated rings. The molecule has 6 atom stereocenters. The van der Waals surface area contributed by atoms with Crippen molar-refractivity contribution in [3.63, 3.8) is 0 Å². The summed E-state index contributed by atoms with van der Waals surface area (Å²) >= 11 is 0. The maximum atomic E-state index is 14.4. The van der Waals surface area contributed by atoms with Crippen LogP contribution in [0.3, 0.4) is 0 Å². The second kappa shape index (κ2) is 11.5. The van der Waals surface area contributed by atoms with Gasteiger partial charge < -0.3 is 24.8 Å². The molecular weight excluding hydrogens is 583 g/mol. The standard InChI is InChI=1S/C34H43BN6O5/c1-21(2)14-28(35-44-27-16-23-15-26(32(23,3)4)33(27,5)45-35)38-31(43)34(17-22-10-7-6-8-11-22)18-24(40-46-34)19-36-30(42)25-12-9-13-41-20-37-39-29(25)41/h6-13,20-21,23,26-28H,14-19H2,1-5H3,(H,36,42)(H,38,43)/t23-,26-,27+,28-,33-,34?/m0/s1. The van der Waals surface area contributed by atoms with Gasteiger partial charge in [0.15, 0.2) is 5.65 Å². The van der Waals surface area contributed by atoms with Crippen molar-refractivity contribution >= 4 is 30.3 Å². The molecule has 46 heavy (non-hydrogen) atoms. The van der Waals surface area contributed by atoms with E-state index in [1.54, 1.807) is 29.1 Å². The summed E-state index contributed by atoms with van der Waals surface area (Å²) in [6.45, 7) is 11.3. The van der Waals surface area contributed by atoms with Crippen molar-refractivity contribution < 1.29 is 23.7 Å². The number of rotatable bonds is 10. The van der Waals surface area contributed by atoms with Crippen LogP contribution >= 0.6 is 0 Å². The Bertz CT molecular complexity index is 1660. The summed E-state index contributed by atoms with van der Waals surface area (Å²) in [6.07, 6.45) is 6.72. The Hall–Kier alpha value is -3.77. The van der Waals surface area contributed by atoms with E-state index in [0.29, 0.717) is 47.5 Å². The fraction of sp³-hybridized carbons (Fsp3) is 0.559. The lowest BCUT2D eigenvalue weighted by molar-refractivity contribution is -0.199. The summed E-state index contributed by atoms with van der Waals surface area (Å²) in [4.78, 5) is 33.6. The minimum Gasteiger partial charge on any atom is -0.404 e. The van der Waals surface area contributed by atoms with Crippen LogP contribution in [0, 0.1) is 23.2 Å². The number of carbonyl (C=O) groups is 2. The van der Waals surface area contributed by atoms with Gasteiger partial charge in [-0.3, -0.25) is 14.0 Å². The third kappa shape index (κ3) is 5.29. The number of aromatic nitrogens is 3. The fourth-order valence-corrected chi connectivity index (χ4v) is 8.29. The van der Waals surface area contributed by atoms with Gasteiger partial charge in [-0.25, -0.2) is 0 Å². The van der Waals surface area contributed by atoms with E-state index >= 15 is 0 Å². The summed E-state index contributed by atoms with van der Waals surface area (Å²) < 4.78 is 15.1. The topological polar surface area (TPSA) is 128 Å². The lowest BCUT2D eigenvalue weighted by Gasteiger charge is -2.64. The fourth-order valence-electron chi connectivity index (χ4n) is 8.29. The Morgan fingerprint density at radius 2 is 1.91 bits per heavy atom. The first-order valence-electron chi connectivity index (χ1n) is 16.5. The van der Waals surface area contributed by atoms with Crippen LogP contribution < -0.4 is 10.6 Å². The Kier molecular flexibility index (Phi) is 7.71. The highest BCUT2D eigenvalue weighted by Gasteiger charge is 2.68. The van der Waals surface area contributed by atoms with Crippen molar-refractivity contribution in [1.82, 2.24) is 25.2 Å². The minimum absolute atomic E-state index is 0.0176. The molecule has 2 aliphatic heterocycles. The molecule has 242 valence electrons. The van der Waals surface area contributed by atoms with Gasteiger partial charge in [-0.2, -0.15) is 0 Å². The van der Waals surface area contributed by atoms with Gasteiger partial charge in [-0.15, -0.1) is 10.2 Å². The highest BCUT2D eigenvalue weighted by Crippen LogP contribution is 2.65. The number of nitrogens with one attached hydrogen (secondary N) is 2. The number of nitrogens with zero attached hydrogens (tertiary/aromatic N) is 4. The van der Waals surface area contributed by atoms with Crippen LogP contribution in [0.1, 0.15) is 76.2 Å². The Balaban J connectivity index is 1.08. The molecule has 0 spiro atoms. The molecule has 12 heteroatoms. The highest BCUT2D eigenvalue weighted by atomic mass is 16.7. The van der Waals surface area contributed by atoms with Crippen molar-refractivity contribution in [3.05, 3.63) is 66.1 Å². The SMILES string of the molecule is CC(C)C[C@H](NC(=O)C1(Cc2ccccc2)CC(CNC(=O)c2cccn3cnnc23)=NO1)B1O[C@@H]2C[C@@H]3C[C@@H](C3(C)C)[C@]2(C)O1. The van der Waals surface area contributed by atoms with Crippen LogP contribution in [0.15, 0.2) is 60.1 Å². The first-order valence-corrected chi connectivity index (χ1v) is 16.5. The molecule has 1 aromatic carbocycles. The zero-order chi connectivity index (χ0) is 32.3. The molecule has 2 aromatic heterocycles. The third-order valence-electron chi connectivity index (χ3n) is 10.9. The Morgan fingerprint density at radius 1 is 1.11 bits per heavy atom. The molecule has 4 heterocycles. The van der Waals surface area contributed by atoms with Gasteiger partial charge in [0.2, 0.25) is 5.60 Å². The van der Waals surface area contributed by atoms with E-state index in [2.05, 4.69) is 60.6 Å². The Labute approximate surface area is 270 Å². The van der Waals surface area contributed by atoms with Gasteiger partial charge in [0, 0.05) is 19.0 Å². The van der Waals surface area contributed by atoms with E-state index in [1.165, 1.54) is 0 Å². The molecule has 1 saturated heterocycles. The number of pyridine rings is 1. The van der Waals surface area contributed by atoms with E-state index in [0.717, 1.165) is 18.4 Å². The average molecular weight is 627 g/mol. The van der Waals surface area contributed by atoms with Crippen LogP contribution in [-0.2, 0) is 25.4 Å². The van der Waals surface area contributed by atoms with E-state index in [1.807, 2.05) is 30.3 Å². The number of fused-ring (bicyclic) bond motifs is 1. The summed E-state index contributed by atoms with van der Waals surface area (Å²) in [5, 5.41) is 18.5. The van der Waals surface area contributed by atoms with Crippen molar-refractivity contribution in [2.24, 2.45) is 28.3 Å². The zero-order valence-electron chi connectivity index (χ0n) is 27.2. The maximum absolute atomic E-state index is 14.4. The summed E-state index contributed by atoms with van der Waals surface area (Å²) in [7, 11) is -0.550. The minimum atomic E-state index is -1.29. The largest absolute Gasteiger partial charge is 0.481 e. The quantitative estimate of drug-likeness (QED) is 0.326. The van der Waals surface area contributed by atoms with Gasteiger partial charge in [0.05, 0.1) is 35.5 Å². The predicted octanol–water partition coefficient (Wildman–Crippen LogP) is 4.02. The number of carbonyl (C=O) groups excluding carboxylic acids is 2. The number of hydrogen-bond acceptors (Lipinski definition) is 8. The van der Waals surface area contributed by atoms with Crippen LogP contribution in [-0.4, -0.2) is 69.0 Å². The van der Waals surface area contributed by atoms with Crippen LogP contribution in [0.25, 0.3) is 5.65 Å². The predicted molar refractivity (Wildman–Crippen MR) is 173 cm³/mol.